The summed E-state index contributed by atoms with van der Waals surface area (Å²) in [6.45, 7) is 6.84. The Bertz CT molecular complexity index is 362. The molecule has 1 aromatic rings. The fourth-order valence-electron chi connectivity index (χ4n) is 1.96. The third-order valence-corrected chi connectivity index (χ3v) is 3.01. The second-order valence-electron chi connectivity index (χ2n) is 4.44. The molecule has 17 heavy (non-hydrogen) atoms. The van der Waals surface area contributed by atoms with Crippen molar-refractivity contribution < 1.29 is 4.74 Å². The Morgan fingerprint density at radius 1 is 1.41 bits per heavy atom. The largest absolute Gasteiger partial charge is 0.381 e. The number of rotatable bonds is 5. The van der Waals surface area contributed by atoms with Gasteiger partial charge in [-0.25, -0.2) is 9.97 Å². The Hall–Kier alpha value is -1.16. The zero-order valence-electron chi connectivity index (χ0n) is 10.7. The minimum atomic E-state index is 0.378. The summed E-state index contributed by atoms with van der Waals surface area (Å²) in [4.78, 5) is 9.21. The molecular weight excluding hydrogens is 214 g/mol. The highest BCUT2D eigenvalue weighted by molar-refractivity contribution is 5.36. The van der Waals surface area contributed by atoms with Crippen LogP contribution >= 0.6 is 0 Å². The van der Waals surface area contributed by atoms with Gasteiger partial charge in [-0.1, -0.05) is 13.8 Å². The van der Waals surface area contributed by atoms with E-state index in [1.54, 1.807) is 0 Å². The van der Waals surface area contributed by atoms with Crippen LogP contribution in [0, 0.1) is 0 Å². The van der Waals surface area contributed by atoms with Gasteiger partial charge in [0.2, 0.25) is 0 Å². The van der Waals surface area contributed by atoms with Gasteiger partial charge in [0.05, 0.1) is 6.61 Å². The van der Waals surface area contributed by atoms with Gasteiger partial charge in [-0.3, -0.25) is 0 Å². The summed E-state index contributed by atoms with van der Waals surface area (Å²) in [5.74, 6) is 2.28. The van der Waals surface area contributed by atoms with Gasteiger partial charge in [0.25, 0.3) is 0 Å². The summed E-state index contributed by atoms with van der Waals surface area (Å²) in [5.41, 5.74) is 1.11. The molecule has 1 saturated heterocycles. The number of hydrogen-bond donors (Lipinski definition) is 1. The normalized spacial score (nSPS) is 19.5. The average molecular weight is 235 g/mol. The van der Waals surface area contributed by atoms with E-state index in [9.17, 15) is 0 Å². The van der Waals surface area contributed by atoms with Crippen molar-refractivity contribution in [2.24, 2.45) is 0 Å². The van der Waals surface area contributed by atoms with Gasteiger partial charge in [-0.05, 0) is 19.3 Å². The maximum Gasteiger partial charge on any atom is 0.136 e. The van der Waals surface area contributed by atoms with Crippen LogP contribution in [0.25, 0.3) is 0 Å². The van der Waals surface area contributed by atoms with Crippen LogP contribution in [0.15, 0.2) is 6.07 Å². The number of anilines is 1. The first kappa shape index (κ1) is 12.3. The fourth-order valence-corrected chi connectivity index (χ4v) is 1.96. The highest BCUT2D eigenvalue weighted by atomic mass is 16.5. The van der Waals surface area contributed by atoms with Crippen LogP contribution in [-0.2, 0) is 11.2 Å². The molecule has 1 aliphatic rings. The molecule has 2 heterocycles. The first-order chi connectivity index (χ1) is 8.33. The second-order valence-corrected chi connectivity index (χ2v) is 4.44. The van der Waals surface area contributed by atoms with E-state index in [0.717, 1.165) is 56.4 Å². The van der Waals surface area contributed by atoms with Gasteiger partial charge in [0.15, 0.2) is 0 Å². The Labute approximate surface area is 103 Å². The molecule has 1 N–H and O–H groups in total. The molecule has 0 saturated carbocycles. The molecule has 94 valence electrons. The molecule has 1 aliphatic heterocycles. The monoisotopic (exact) mass is 235 g/mol. The quantitative estimate of drug-likeness (QED) is 0.851. The van der Waals surface area contributed by atoms with Crippen LogP contribution < -0.4 is 5.32 Å². The maximum atomic E-state index is 5.41. The fraction of sp³-hybridized carbons (Fsp3) is 0.692. The van der Waals surface area contributed by atoms with Crippen LogP contribution in [-0.4, -0.2) is 29.7 Å². The minimum Gasteiger partial charge on any atom is -0.381 e. The lowest BCUT2D eigenvalue weighted by atomic mass is 10.1. The highest BCUT2D eigenvalue weighted by Gasteiger charge is 2.21. The van der Waals surface area contributed by atoms with E-state index in [2.05, 4.69) is 35.2 Å². The summed E-state index contributed by atoms with van der Waals surface area (Å²) >= 11 is 0. The second kappa shape index (κ2) is 5.96. The van der Waals surface area contributed by atoms with Crippen molar-refractivity contribution in [2.45, 2.75) is 39.0 Å². The third kappa shape index (κ3) is 3.16. The van der Waals surface area contributed by atoms with Crippen LogP contribution in [0.3, 0.4) is 0 Å². The van der Waals surface area contributed by atoms with E-state index in [1.165, 1.54) is 0 Å². The van der Waals surface area contributed by atoms with Gasteiger partial charge >= 0.3 is 0 Å². The summed E-state index contributed by atoms with van der Waals surface area (Å²) in [5, 5.41) is 3.34. The van der Waals surface area contributed by atoms with Crippen LogP contribution in [0.2, 0.25) is 0 Å². The molecular formula is C13H21N3O. The molecule has 1 atom stereocenters. The number of aromatic nitrogens is 2. The number of hydrogen-bond acceptors (Lipinski definition) is 4. The van der Waals surface area contributed by atoms with Crippen molar-refractivity contribution in [3.05, 3.63) is 17.6 Å². The lowest BCUT2D eigenvalue weighted by Crippen LogP contribution is -2.10. The SMILES string of the molecule is CCCNc1cc(CC)nc(C2CCOC2)n1. The molecule has 0 amide bonds. The van der Waals surface area contributed by atoms with Crippen molar-refractivity contribution in [2.75, 3.05) is 25.1 Å². The van der Waals surface area contributed by atoms with Crippen LogP contribution in [0.5, 0.6) is 0 Å². The zero-order chi connectivity index (χ0) is 12.1. The lowest BCUT2D eigenvalue weighted by molar-refractivity contribution is 0.193. The summed E-state index contributed by atoms with van der Waals surface area (Å²) < 4.78 is 5.41. The molecule has 0 aromatic carbocycles. The average Bonchev–Trinajstić information content (AvgIpc) is 2.89. The minimum absolute atomic E-state index is 0.378. The Morgan fingerprint density at radius 3 is 2.94 bits per heavy atom. The number of aryl methyl sites for hydroxylation is 1. The topological polar surface area (TPSA) is 47.0 Å². The van der Waals surface area contributed by atoms with Crippen molar-refractivity contribution in [1.82, 2.24) is 9.97 Å². The summed E-state index contributed by atoms with van der Waals surface area (Å²) in [6.07, 6.45) is 3.09. The number of nitrogens with one attached hydrogen (secondary N) is 1. The molecule has 1 fully saturated rings. The van der Waals surface area contributed by atoms with Crippen molar-refractivity contribution >= 4 is 5.82 Å². The van der Waals surface area contributed by atoms with E-state index in [-0.39, 0.29) is 0 Å². The van der Waals surface area contributed by atoms with Crippen LogP contribution in [0.1, 0.15) is 44.1 Å². The Balaban J connectivity index is 2.18. The standard InChI is InChI=1S/C13H21N3O/c1-3-6-14-12-8-11(4-2)15-13(16-12)10-5-7-17-9-10/h8,10H,3-7,9H2,1-2H3,(H,14,15,16). The number of ether oxygens (including phenoxy) is 1. The van der Waals surface area contributed by atoms with Gasteiger partial charge < -0.3 is 10.1 Å². The van der Waals surface area contributed by atoms with Crippen molar-refractivity contribution in [3.8, 4) is 0 Å². The lowest BCUT2D eigenvalue weighted by Gasteiger charge is -2.11. The van der Waals surface area contributed by atoms with Gasteiger partial charge in [-0.2, -0.15) is 0 Å². The molecule has 4 nitrogen and oxygen atoms in total. The van der Waals surface area contributed by atoms with E-state index >= 15 is 0 Å². The molecule has 0 aliphatic carbocycles. The molecule has 0 spiro atoms. The first-order valence-corrected chi connectivity index (χ1v) is 6.53. The maximum absolute atomic E-state index is 5.41. The third-order valence-electron chi connectivity index (χ3n) is 3.01. The molecule has 1 unspecified atom stereocenters. The number of nitrogens with zero attached hydrogens (tertiary/aromatic N) is 2. The first-order valence-electron chi connectivity index (χ1n) is 6.53. The zero-order valence-corrected chi connectivity index (χ0v) is 10.7. The molecule has 2 rings (SSSR count). The smallest absolute Gasteiger partial charge is 0.136 e. The van der Waals surface area contributed by atoms with Crippen molar-refractivity contribution in [1.29, 1.82) is 0 Å². The van der Waals surface area contributed by atoms with E-state index < -0.39 is 0 Å². The molecule has 0 radical (unpaired) electrons. The molecule has 4 heteroatoms. The Morgan fingerprint density at radius 2 is 2.29 bits per heavy atom. The molecule has 1 aromatic heterocycles. The van der Waals surface area contributed by atoms with E-state index in [4.69, 9.17) is 4.74 Å². The van der Waals surface area contributed by atoms with Crippen LogP contribution in [0.4, 0.5) is 5.82 Å². The molecule has 0 bridgehead atoms. The predicted octanol–water partition coefficient (Wildman–Crippen LogP) is 2.36. The van der Waals surface area contributed by atoms with Gasteiger partial charge in [-0.15, -0.1) is 0 Å². The Kier molecular flexibility index (Phi) is 4.31. The highest BCUT2D eigenvalue weighted by Crippen LogP contribution is 2.23. The summed E-state index contributed by atoms with van der Waals surface area (Å²) in [7, 11) is 0. The van der Waals surface area contributed by atoms with E-state index in [1.807, 2.05) is 0 Å². The van der Waals surface area contributed by atoms with Gasteiger partial charge in [0.1, 0.15) is 11.6 Å². The predicted molar refractivity (Wildman–Crippen MR) is 68.4 cm³/mol. The van der Waals surface area contributed by atoms with E-state index in [0.29, 0.717) is 5.92 Å². The van der Waals surface area contributed by atoms with Gasteiger partial charge in [0, 0.05) is 30.8 Å². The summed E-state index contributed by atoms with van der Waals surface area (Å²) in [6, 6.07) is 2.05. The van der Waals surface area contributed by atoms with Crippen molar-refractivity contribution in [3.63, 3.8) is 0 Å².